The van der Waals surface area contributed by atoms with Crippen molar-refractivity contribution < 1.29 is 9.59 Å². The first-order valence-corrected chi connectivity index (χ1v) is 8.47. The molecule has 1 aliphatic rings. The number of hydrogen-bond acceptors (Lipinski definition) is 4. The van der Waals surface area contributed by atoms with Gasteiger partial charge in [-0.15, -0.1) is 24.2 Å². The van der Waals surface area contributed by atoms with E-state index in [9.17, 15) is 9.59 Å². The van der Waals surface area contributed by atoms with Gasteiger partial charge in [-0.1, -0.05) is 30.3 Å². The van der Waals surface area contributed by atoms with E-state index in [1.165, 1.54) is 11.8 Å². The number of piperidine rings is 1. The van der Waals surface area contributed by atoms with E-state index < -0.39 is 0 Å². The molecule has 1 aromatic carbocycles. The van der Waals surface area contributed by atoms with E-state index in [1.54, 1.807) is 0 Å². The predicted molar refractivity (Wildman–Crippen MR) is 94.0 cm³/mol. The molecule has 0 spiro atoms. The SMILES string of the molecule is CNC1CCN(C(=O)CSCC(=O)c2ccccc2)CC1.Cl. The lowest BCUT2D eigenvalue weighted by molar-refractivity contribution is -0.129. The molecule has 1 fully saturated rings. The molecule has 1 heterocycles. The zero-order valence-electron chi connectivity index (χ0n) is 12.8. The first-order chi connectivity index (χ1) is 10.2. The Hall–Kier alpha value is -1.04. The maximum absolute atomic E-state index is 12.1. The number of amides is 1. The third-order valence-corrected chi connectivity index (χ3v) is 4.73. The Morgan fingerprint density at radius 1 is 1.18 bits per heavy atom. The predicted octanol–water partition coefficient (Wildman–Crippen LogP) is 2.23. The summed E-state index contributed by atoms with van der Waals surface area (Å²) in [6.45, 7) is 1.63. The molecule has 0 radical (unpaired) electrons. The molecule has 0 aromatic heterocycles. The topological polar surface area (TPSA) is 49.4 Å². The van der Waals surface area contributed by atoms with Crippen LogP contribution in [-0.2, 0) is 4.79 Å². The fourth-order valence-corrected chi connectivity index (χ4v) is 3.26. The molecule has 1 amide bonds. The van der Waals surface area contributed by atoms with Crippen molar-refractivity contribution in [3.63, 3.8) is 0 Å². The van der Waals surface area contributed by atoms with E-state index >= 15 is 0 Å². The van der Waals surface area contributed by atoms with Crippen molar-refractivity contribution in [3.8, 4) is 0 Å². The van der Waals surface area contributed by atoms with Gasteiger partial charge in [0, 0.05) is 24.7 Å². The molecule has 0 aliphatic carbocycles. The van der Waals surface area contributed by atoms with Crippen LogP contribution in [0.3, 0.4) is 0 Å². The van der Waals surface area contributed by atoms with Crippen LogP contribution in [0.1, 0.15) is 23.2 Å². The van der Waals surface area contributed by atoms with Crippen LogP contribution in [-0.4, -0.2) is 54.3 Å². The summed E-state index contributed by atoms with van der Waals surface area (Å²) in [6, 6.07) is 9.76. The summed E-state index contributed by atoms with van der Waals surface area (Å²) in [5.41, 5.74) is 0.715. The Kier molecular flexibility index (Phi) is 8.53. The molecular formula is C16H23ClN2O2S. The highest BCUT2D eigenvalue weighted by Gasteiger charge is 2.21. The molecule has 1 saturated heterocycles. The lowest BCUT2D eigenvalue weighted by Crippen LogP contribution is -2.44. The van der Waals surface area contributed by atoms with Crippen LogP contribution in [0.4, 0.5) is 0 Å². The molecule has 6 heteroatoms. The quantitative estimate of drug-likeness (QED) is 0.805. The summed E-state index contributed by atoms with van der Waals surface area (Å²) in [5, 5.41) is 3.25. The molecule has 1 aromatic rings. The lowest BCUT2D eigenvalue weighted by Gasteiger charge is -2.31. The number of benzene rings is 1. The average molecular weight is 343 g/mol. The summed E-state index contributed by atoms with van der Waals surface area (Å²) in [6.07, 6.45) is 2.02. The maximum Gasteiger partial charge on any atom is 0.232 e. The number of ketones is 1. The van der Waals surface area contributed by atoms with Crippen molar-refractivity contribution >= 4 is 35.9 Å². The van der Waals surface area contributed by atoms with Crippen LogP contribution in [0, 0.1) is 0 Å². The second kappa shape index (κ2) is 9.87. The van der Waals surface area contributed by atoms with Crippen molar-refractivity contribution in [1.29, 1.82) is 0 Å². The summed E-state index contributed by atoms with van der Waals surface area (Å²) in [4.78, 5) is 25.9. The van der Waals surface area contributed by atoms with Crippen molar-refractivity contribution in [1.82, 2.24) is 10.2 Å². The smallest absolute Gasteiger partial charge is 0.232 e. The Morgan fingerprint density at radius 3 is 2.41 bits per heavy atom. The number of thioether (sulfide) groups is 1. The maximum atomic E-state index is 12.1. The number of halogens is 1. The average Bonchev–Trinajstić information content (AvgIpc) is 2.55. The normalized spacial score (nSPS) is 15.2. The van der Waals surface area contributed by atoms with Gasteiger partial charge in [0.15, 0.2) is 5.78 Å². The third kappa shape index (κ3) is 5.63. The number of nitrogens with zero attached hydrogens (tertiary/aromatic N) is 1. The monoisotopic (exact) mass is 342 g/mol. The van der Waals surface area contributed by atoms with Crippen LogP contribution >= 0.6 is 24.2 Å². The largest absolute Gasteiger partial charge is 0.342 e. The first-order valence-electron chi connectivity index (χ1n) is 7.31. The van der Waals surface area contributed by atoms with Gasteiger partial charge in [0.1, 0.15) is 0 Å². The minimum atomic E-state index is 0. The third-order valence-electron chi connectivity index (χ3n) is 3.81. The highest BCUT2D eigenvalue weighted by Crippen LogP contribution is 2.13. The van der Waals surface area contributed by atoms with E-state index in [0.717, 1.165) is 25.9 Å². The van der Waals surface area contributed by atoms with Crippen LogP contribution in [0.2, 0.25) is 0 Å². The number of Topliss-reactive ketones (excluding diaryl/α,β-unsaturated/α-hetero) is 1. The van der Waals surface area contributed by atoms with Gasteiger partial charge in [-0.05, 0) is 19.9 Å². The van der Waals surface area contributed by atoms with Crippen molar-refractivity contribution in [2.75, 3.05) is 31.6 Å². The van der Waals surface area contributed by atoms with Gasteiger partial charge in [0.05, 0.1) is 11.5 Å². The Labute approximate surface area is 142 Å². The van der Waals surface area contributed by atoms with E-state index in [-0.39, 0.29) is 24.1 Å². The zero-order chi connectivity index (χ0) is 15.1. The number of carbonyl (C=O) groups excluding carboxylic acids is 2. The molecule has 122 valence electrons. The second-order valence-electron chi connectivity index (χ2n) is 5.23. The Bertz CT molecular complexity index is 476. The molecule has 4 nitrogen and oxygen atoms in total. The summed E-state index contributed by atoms with van der Waals surface area (Å²) in [7, 11) is 1.97. The number of carbonyl (C=O) groups is 2. The van der Waals surface area contributed by atoms with Crippen LogP contribution < -0.4 is 5.32 Å². The minimum Gasteiger partial charge on any atom is -0.342 e. The summed E-state index contributed by atoms with van der Waals surface area (Å²) < 4.78 is 0. The number of likely N-dealkylation sites (tertiary alicyclic amines) is 1. The highest BCUT2D eigenvalue weighted by molar-refractivity contribution is 8.00. The standard InChI is InChI=1S/C16H22N2O2S.ClH/c1-17-14-7-9-18(10-8-14)16(20)12-21-11-15(19)13-5-3-2-4-6-13;/h2-6,14,17H,7-12H2,1H3;1H. The molecule has 1 aliphatic heterocycles. The molecule has 22 heavy (non-hydrogen) atoms. The first kappa shape index (κ1) is 19.0. The fraction of sp³-hybridized carbons (Fsp3) is 0.500. The molecular weight excluding hydrogens is 320 g/mol. The molecule has 0 saturated carbocycles. The number of rotatable bonds is 6. The molecule has 2 rings (SSSR count). The van der Waals surface area contributed by atoms with Gasteiger partial charge in [0.25, 0.3) is 0 Å². The highest BCUT2D eigenvalue weighted by atomic mass is 35.5. The van der Waals surface area contributed by atoms with Crippen molar-refractivity contribution in [2.24, 2.45) is 0 Å². The molecule has 0 bridgehead atoms. The Morgan fingerprint density at radius 2 is 1.82 bits per heavy atom. The van der Waals surface area contributed by atoms with Crippen LogP contribution in [0.25, 0.3) is 0 Å². The Balaban J connectivity index is 0.00000242. The number of hydrogen-bond donors (Lipinski definition) is 1. The second-order valence-corrected chi connectivity index (χ2v) is 6.21. The summed E-state index contributed by atoms with van der Waals surface area (Å²) in [5.74, 6) is 0.989. The van der Waals surface area contributed by atoms with Gasteiger partial charge in [0.2, 0.25) is 5.91 Å². The fourth-order valence-electron chi connectivity index (χ4n) is 2.45. The van der Waals surface area contributed by atoms with E-state index in [2.05, 4.69) is 5.32 Å². The van der Waals surface area contributed by atoms with Gasteiger partial charge in [-0.2, -0.15) is 0 Å². The van der Waals surface area contributed by atoms with E-state index in [0.29, 0.717) is 23.1 Å². The van der Waals surface area contributed by atoms with Gasteiger partial charge in [-0.3, -0.25) is 9.59 Å². The van der Waals surface area contributed by atoms with E-state index in [1.807, 2.05) is 42.3 Å². The van der Waals surface area contributed by atoms with Gasteiger partial charge < -0.3 is 10.2 Å². The lowest BCUT2D eigenvalue weighted by atomic mass is 10.1. The van der Waals surface area contributed by atoms with Crippen LogP contribution in [0.15, 0.2) is 30.3 Å². The molecule has 1 N–H and O–H groups in total. The van der Waals surface area contributed by atoms with Crippen molar-refractivity contribution in [3.05, 3.63) is 35.9 Å². The number of nitrogens with one attached hydrogen (secondary N) is 1. The van der Waals surface area contributed by atoms with Gasteiger partial charge in [-0.25, -0.2) is 0 Å². The minimum absolute atomic E-state index is 0. The zero-order valence-corrected chi connectivity index (χ0v) is 14.4. The molecule has 0 atom stereocenters. The van der Waals surface area contributed by atoms with Crippen molar-refractivity contribution in [2.45, 2.75) is 18.9 Å². The van der Waals surface area contributed by atoms with Crippen LogP contribution in [0.5, 0.6) is 0 Å². The molecule has 0 unspecified atom stereocenters. The summed E-state index contributed by atoms with van der Waals surface area (Å²) >= 11 is 1.41. The van der Waals surface area contributed by atoms with Gasteiger partial charge >= 0.3 is 0 Å². The van der Waals surface area contributed by atoms with E-state index in [4.69, 9.17) is 0 Å².